The van der Waals surface area contributed by atoms with E-state index in [1.54, 1.807) is 31.5 Å². The molecule has 0 bridgehead atoms. The van der Waals surface area contributed by atoms with Crippen molar-refractivity contribution in [2.45, 2.75) is 38.5 Å². The van der Waals surface area contributed by atoms with Crippen LogP contribution in [0.4, 0.5) is 24.5 Å². The predicted octanol–water partition coefficient (Wildman–Crippen LogP) is 6.15. The molecule has 0 amide bonds. The molecule has 0 saturated carbocycles. The normalized spacial score (nSPS) is 13.8. The first kappa shape index (κ1) is 21.8. The van der Waals surface area contributed by atoms with E-state index in [2.05, 4.69) is 15.3 Å². The Morgan fingerprint density at radius 1 is 1.07 bits per heavy atom. The summed E-state index contributed by atoms with van der Waals surface area (Å²) >= 11 is 0. The lowest BCUT2D eigenvalue weighted by Gasteiger charge is -2.20. The Morgan fingerprint density at radius 3 is 2.33 bits per heavy atom. The first-order chi connectivity index (χ1) is 14.3. The van der Waals surface area contributed by atoms with E-state index in [0.717, 1.165) is 5.56 Å². The van der Waals surface area contributed by atoms with Crippen molar-refractivity contribution >= 4 is 22.4 Å². The molecule has 3 aromatic rings. The molecule has 3 rings (SSSR count). The van der Waals surface area contributed by atoms with Gasteiger partial charge in [-0.15, -0.1) is 0 Å². The molecule has 5 nitrogen and oxygen atoms in total. The summed E-state index contributed by atoms with van der Waals surface area (Å²) < 4.78 is 50.3. The number of nitrogens with zero attached hydrogens (tertiary/aromatic N) is 2. The highest BCUT2D eigenvalue weighted by molar-refractivity contribution is 5.85. The average molecular weight is 419 g/mol. The topological polar surface area (TPSA) is 56.3 Å². The average Bonchev–Trinajstić information content (AvgIpc) is 2.73. The minimum absolute atomic E-state index is 0.00608. The van der Waals surface area contributed by atoms with Crippen molar-refractivity contribution in [3.63, 3.8) is 0 Å². The Labute approximate surface area is 173 Å². The van der Waals surface area contributed by atoms with Gasteiger partial charge in [0.2, 0.25) is 5.88 Å². The summed E-state index contributed by atoms with van der Waals surface area (Å²) in [5.41, 5.74) is 3.65. The molecule has 2 aromatic heterocycles. The third-order valence-corrected chi connectivity index (χ3v) is 5.09. The van der Waals surface area contributed by atoms with E-state index in [9.17, 15) is 13.2 Å². The highest BCUT2D eigenvalue weighted by Gasteiger charge is 2.39. The fourth-order valence-corrected chi connectivity index (χ4v) is 3.42. The van der Waals surface area contributed by atoms with E-state index in [0.29, 0.717) is 28.3 Å². The zero-order valence-corrected chi connectivity index (χ0v) is 17.2. The van der Waals surface area contributed by atoms with E-state index < -0.39 is 12.1 Å². The van der Waals surface area contributed by atoms with Gasteiger partial charge in [0.15, 0.2) is 0 Å². The van der Waals surface area contributed by atoms with Crippen molar-refractivity contribution in [1.82, 2.24) is 9.97 Å². The number of pyridine rings is 2. The van der Waals surface area contributed by atoms with Crippen molar-refractivity contribution in [3.8, 4) is 5.88 Å². The van der Waals surface area contributed by atoms with Gasteiger partial charge in [-0.2, -0.15) is 13.2 Å². The summed E-state index contributed by atoms with van der Waals surface area (Å²) in [6.07, 6.45) is -2.91. The molecule has 8 heteroatoms. The molecule has 0 fully saturated rings. The number of rotatable bonds is 7. The lowest BCUT2D eigenvalue weighted by molar-refractivity contribution is -0.151. The lowest BCUT2D eigenvalue weighted by atomic mass is 9.96. The molecule has 0 unspecified atom stereocenters. The minimum atomic E-state index is -4.27. The second kappa shape index (κ2) is 8.87. The van der Waals surface area contributed by atoms with Gasteiger partial charge >= 0.3 is 6.18 Å². The zero-order valence-electron chi connectivity index (χ0n) is 17.2. The van der Waals surface area contributed by atoms with Crippen LogP contribution in [-0.4, -0.2) is 30.4 Å². The molecule has 2 atom stereocenters. The Balaban J connectivity index is 1.99. The number of aromatic nitrogens is 2. The van der Waals surface area contributed by atoms with E-state index in [1.165, 1.54) is 26.2 Å². The molecule has 0 saturated heterocycles. The molecule has 0 aliphatic rings. The fourth-order valence-electron chi connectivity index (χ4n) is 3.42. The number of ether oxygens (including phenoxy) is 2. The van der Waals surface area contributed by atoms with E-state index in [-0.39, 0.29) is 18.1 Å². The van der Waals surface area contributed by atoms with Gasteiger partial charge in [-0.3, -0.25) is 4.98 Å². The van der Waals surface area contributed by atoms with Crippen molar-refractivity contribution in [3.05, 3.63) is 53.7 Å². The van der Waals surface area contributed by atoms with Crippen LogP contribution in [0.15, 0.2) is 42.6 Å². The van der Waals surface area contributed by atoms with Crippen molar-refractivity contribution in [1.29, 1.82) is 0 Å². The second-order valence-corrected chi connectivity index (χ2v) is 6.93. The summed E-state index contributed by atoms with van der Waals surface area (Å²) in [4.78, 5) is 8.95. The number of anilines is 2. The number of hydrogen-bond acceptors (Lipinski definition) is 5. The lowest BCUT2D eigenvalue weighted by Crippen LogP contribution is -2.19. The van der Waals surface area contributed by atoms with Gasteiger partial charge < -0.3 is 14.8 Å². The van der Waals surface area contributed by atoms with Gasteiger partial charge in [-0.05, 0) is 37.1 Å². The molecular formula is C22H24F3N3O2. The van der Waals surface area contributed by atoms with Gasteiger partial charge in [0.25, 0.3) is 0 Å². The summed E-state index contributed by atoms with van der Waals surface area (Å²) in [5.74, 6) is -1.03. The van der Waals surface area contributed by atoms with Crippen LogP contribution in [0.5, 0.6) is 5.88 Å². The fraction of sp³-hybridized carbons (Fsp3) is 0.364. The van der Waals surface area contributed by atoms with Crippen molar-refractivity contribution in [2.24, 2.45) is 0 Å². The van der Waals surface area contributed by atoms with Gasteiger partial charge in [0.1, 0.15) is 5.52 Å². The standard InChI is InChI=1S/C22H24F3N3O2/c1-5-16(22(23,24)25)14-6-8-15(9-7-14)27-18-12-26-17-10-11-19(30-4)28-21(17)20(18)13(2)29-3/h6-13,16,27H,5H2,1-4H3/t13-,16-/m0/s1. The number of nitrogens with one attached hydrogen (secondary N) is 1. The monoisotopic (exact) mass is 419 g/mol. The maximum atomic E-state index is 13.2. The molecule has 0 radical (unpaired) electrons. The Morgan fingerprint density at radius 2 is 1.77 bits per heavy atom. The smallest absolute Gasteiger partial charge is 0.395 e. The third-order valence-electron chi connectivity index (χ3n) is 5.09. The highest BCUT2D eigenvalue weighted by Crippen LogP contribution is 2.38. The SMILES string of the molecule is CC[C@@H](c1ccc(Nc2cnc3ccc(OC)nc3c2[C@H](C)OC)cc1)C(F)(F)F. The van der Waals surface area contributed by atoms with Gasteiger partial charge in [-0.25, -0.2) is 4.98 Å². The molecule has 0 aliphatic heterocycles. The summed E-state index contributed by atoms with van der Waals surface area (Å²) in [6.45, 7) is 3.42. The maximum absolute atomic E-state index is 13.2. The minimum Gasteiger partial charge on any atom is -0.481 e. The molecule has 1 N–H and O–H groups in total. The number of hydrogen-bond donors (Lipinski definition) is 1. The summed E-state index contributed by atoms with van der Waals surface area (Å²) in [7, 11) is 3.13. The Hall–Kier alpha value is -2.87. The molecule has 2 heterocycles. The number of fused-ring (bicyclic) bond motifs is 1. The molecular weight excluding hydrogens is 395 g/mol. The van der Waals surface area contributed by atoms with Crippen LogP contribution in [0.25, 0.3) is 11.0 Å². The molecule has 1 aromatic carbocycles. The number of halogens is 3. The summed E-state index contributed by atoms with van der Waals surface area (Å²) in [5, 5.41) is 3.24. The van der Waals surface area contributed by atoms with Crippen LogP contribution < -0.4 is 10.1 Å². The molecule has 0 spiro atoms. The van der Waals surface area contributed by atoms with Gasteiger partial charge in [-0.1, -0.05) is 19.1 Å². The van der Waals surface area contributed by atoms with Crippen LogP contribution >= 0.6 is 0 Å². The quantitative estimate of drug-likeness (QED) is 0.498. The number of methoxy groups -OCH3 is 2. The van der Waals surface area contributed by atoms with Crippen LogP contribution in [0, 0.1) is 0 Å². The Kier molecular flexibility index (Phi) is 6.45. The van der Waals surface area contributed by atoms with Crippen molar-refractivity contribution < 1.29 is 22.6 Å². The largest absolute Gasteiger partial charge is 0.481 e. The van der Waals surface area contributed by atoms with E-state index >= 15 is 0 Å². The summed E-state index contributed by atoms with van der Waals surface area (Å²) in [6, 6.07) is 9.81. The number of benzene rings is 1. The first-order valence-electron chi connectivity index (χ1n) is 9.58. The van der Waals surface area contributed by atoms with E-state index in [1.807, 2.05) is 13.0 Å². The third kappa shape index (κ3) is 4.48. The van der Waals surface area contributed by atoms with Gasteiger partial charge in [0, 0.05) is 24.4 Å². The second-order valence-electron chi connectivity index (χ2n) is 6.93. The first-order valence-corrected chi connectivity index (χ1v) is 9.58. The zero-order chi connectivity index (χ0) is 21.9. The Bertz CT molecular complexity index is 1010. The predicted molar refractivity (Wildman–Crippen MR) is 110 cm³/mol. The van der Waals surface area contributed by atoms with Crippen LogP contribution in [-0.2, 0) is 4.74 Å². The van der Waals surface area contributed by atoms with Crippen molar-refractivity contribution in [2.75, 3.05) is 19.5 Å². The molecule has 160 valence electrons. The molecule has 30 heavy (non-hydrogen) atoms. The highest BCUT2D eigenvalue weighted by atomic mass is 19.4. The van der Waals surface area contributed by atoms with E-state index in [4.69, 9.17) is 9.47 Å². The van der Waals surface area contributed by atoms with Crippen LogP contribution in [0.3, 0.4) is 0 Å². The van der Waals surface area contributed by atoms with Crippen LogP contribution in [0.1, 0.15) is 43.4 Å². The maximum Gasteiger partial charge on any atom is 0.395 e. The molecule has 0 aliphatic carbocycles. The van der Waals surface area contributed by atoms with Crippen LogP contribution in [0.2, 0.25) is 0 Å². The van der Waals surface area contributed by atoms with Gasteiger partial charge in [0.05, 0.1) is 36.5 Å². The number of alkyl halides is 3.